The number of allylic oxidation sites excluding steroid dienone is 1. The molecule has 558 valence electrons. The van der Waals surface area contributed by atoms with E-state index in [1.807, 2.05) is 123 Å². The van der Waals surface area contributed by atoms with Crippen molar-refractivity contribution < 1.29 is 47.4 Å². The zero-order chi connectivity index (χ0) is 75.6. The molecule has 0 unspecified atom stereocenters. The van der Waals surface area contributed by atoms with Gasteiger partial charge < -0.3 is 38.2 Å². The van der Waals surface area contributed by atoms with Gasteiger partial charge in [-0.15, -0.1) is 0 Å². The fourth-order valence-corrected chi connectivity index (χ4v) is 15.3. The minimum atomic E-state index is -0.542. The minimum Gasteiger partial charge on any atom is -0.444 e. The smallest absolute Gasteiger partial charge is 0.444 e. The predicted molar refractivity (Wildman–Crippen MR) is 423 cm³/mol. The third kappa shape index (κ3) is 17.1. The quantitative estimate of drug-likeness (QED) is 0.107. The van der Waals surface area contributed by atoms with Gasteiger partial charge in [0.25, 0.3) is 0 Å². The zero-order valence-corrected chi connectivity index (χ0v) is 66.0. The lowest BCUT2D eigenvalue weighted by Crippen LogP contribution is -2.43. The van der Waals surface area contributed by atoms with E-state index in [2.05, 4.69) is 150 Å². The average Bonchev–Trinajstić information content (AvgIpc) is 1.60. The molecule has 2 aromatic heterocycles. The van der Waals surface area contributed by atoms with Crippen LogP contribution in [-0.2, 0) is 34.7 Å². The Labute approximate surface area is 631 Å². The Morgan fingerprint density at radius 1 is 0.500 bits per heavy atom. The molecule has 20 nitrogen and oxygen atoms in total. The number of halogens is 1. The van der Waals surface area contributed by atoms with Crippen LogP contribution in [0.4, 0.5) is 24.9 Å². The number of rotatable bonds is 8. The molecule has 22 heteroatoms. The number of benzene rings is 6. The highest BCUT2D eigenvalue weighted by Gasteiger charge is 2.52. The second kappa shape index (κ2) is 29.4. The van der Waals surface area contributed by atoms with Gasteiger partial charge in [-0.3, -0.25) is 29.6 Å². The Kier molecular flexibility index (Phi) is 20.9. The number of imidazole rings is 2. The molecule has 0 radical (unpaired) electrons. The molecule has 8 aromatic rings. The summed E-state index contributed by atoms with van der Waals surface area (Å²) in [6, 6.07) is 38.0. The van der Waals surface area contributed by atoms with Crippen molar-refractivity contribution in [2.75, 3.05) is 26.2 Å². The molecule has 6 aromatic carbocycles. The van der Waals surface area contributed by atoms with Crippen LogP contribution in [0, 0.1) is 0 Å². The monoisotopic (exact) mass is 1500 g/mol. The number of H-pyrrole nitrogens is 2. The number of nitrogens with one attached hydrogen (secondary N) is 2. The van der Waals surface area contributed by atoms with Crippen LogP contribution in [0.3, 0.4) is 0 Å². The van der Waals surface area contributed by atoms with Crippen molar-refractivity contribution >= 4 is 108 Å². The molecule has 4 atom stereocenters. The van der Waals surface area contributed by atoms with Crippen LogP contribution in [0.2, 0.25) is 0 Å². The first-order valence-electron chi connectivity index (χ1n) is 37.6. The summed E-state index contributed by atoms with van der Waals surface area (Å²) in [5.74, 6) is 1.58. The van der Waals surface area contributed by atoms with Gasteiger partial charge in [0.05, 0.1) is 64.0 Å². The van der Waals surface area contributed by atoms with E-state index in [9.17, 15) is 19.2 Å². The van der Waals surface area contributed by atoms with Gasteiger partial charge >= 0.3 is 31.5 Å². The second-order valence-corrected chi connectivity index (χ2v) is 35.0. The van der Waals surface area contributed by atoms with Gasteiger partial charge in [-0.1, -0.05) is 76.6 Å². The molecule has 5 saturated heterocycles. The van der Waals surface area contributed by atoms with Gasteiger partial charge in [-0.25, -0.2) is 29.1 Å². The summed E-state index contributed by atoms with van der Waals surface area (Å²) in [4.78, 5) is 84.3. The number of aliphatic imine (C=N–C) groups is 2. The van der Waals surface area contributed by atoms with Crippen LogP contribution in [0.1, 0.15) is 203 Å². The number of amides is 4. The van der Waals surface area contributed by atoms with Gasteiger partial charge in [0.2, 0.25) is 0 Å². The van der Waals surface area contributed by atoms with Crippen molar-refractivity contribution in [1.29, 1.82) is 0 Å². The second-order valence-electron chi connectivity index (χ2n) is 34.1. The van der Waals surface area contributed by atoms with Gasteiger partial charge in [0, 0.05) is 66.7 Å². The first-order valence-corrected chi connectivity index (χ1v) is 38.4. The molecule has 106 heavy (non-hydrogen) atoms. The molecule has 7 aliphatic rings. The SMILES string of the molecule is CC(C)(C)OC(=O)N1CCC[C@H]1C1=NC=C(c2ccc3cc(Br)ccc3c2)C1.CC(C)(C)OC(=O)N1CCC[C@H]1C1=Nc2ccc(B3OC(C)(C)C(C)(C)O3)cc2C1.CC(C)(C)OC(=O)N1CCC[C@H]1c1ncc(-c2ccc3cc(-c4ccc5nc([C@@H]6CCCN6C(=O)OC(C)(C)C)[nH]c5c4)ccc3c2)[nH]1. The molecule has 2 N–H and O–H groups in total. The maximum Gasteiger partial charge on any atom is 0.494 e. The number of nitrogens with zero attached hydrogens (tertiary/aromatic N) is 8. The largest absolute Gasteiger partial charge is 0.494 e. The Balaban J connectivity index is 0.000000149. The van der Waals surface area contributed by atoms with E-state index in [1.54, 1.807) is 9.80 Å². The zero-order valence-electron chi connectivity index (χ0n) is 64.4. The molecule has 0 bridgehead atoms. The van der Waals surface area contributed by atoms with Crippen LogP contribution < -0.4 is 5.46 Å². The lowest BCUT2D eigenvalue weighted by Gasteiger charge is -2.32. The number of likely N-dealkylation sites (tertiary alicyclic amines) is 4. The average molecular weight is 1500 g/mol. The summed E-state index contributed by atoms with van der Waals surface area (Å²) >= 11 is 3.53. The fraction of sp³-hybridized carbons (Fsp3) is 0.476. The molecule has 15 rings (SSSR count). The van der Waals surface area contributed by atoms with Gasteiger partial charge in [0.15, 0.2) is 0 Å². The third-order valence-electron chi connectivity index (χ3n) is 20.7. The summed E-state index contributed by atoms with van der Waals surface area (Å²) in [6.45, 7) is 33.8. The molecule has 9 heterocycles. The molecule has 0 spiro atoms. The molecule has 7 aliphatic heterocycles. The maximum atomic E-state index is 12.9. The maximum absolute atomic E-state index is 12.9. The van der Waals surface area contributed by atoms with E-state index >= 15 is 0 Å². The number of carbonyl (C=O) groups is 4. The van der Waals surface area contributed by atoms with Crippen molar-refractivity contribution in [3.63, 3.8) is 0 Å². The number of fused-ring (bicyclic) bond motifs is 4. The van der Waals surface area contributed by atoms with E-state index in [0.29, 0.717) is 19.6 Å². The van der Waals surface area contributed by atoms with E-state index in [0.717, 1.165) is 159 Å². The van der Waals surface area contributed by atoms with Gasteiger partial charge in [-0.2, -0.15) is 0 Å². The van der Waals surface area contributed by atoms with Gasteiger partial charge in [0.1, 0.15) is 34.1 Å². The topological polar surface area (TPSA) is 219 Å². The van der Waals surface area contributed by atoms with Gasteiger partial charge in [-0.05, 0) is 266 Å². The van der Waals surface area contributed by atoms with E-state index in [4.69, 9.17) is 43.2 Å². The van der Waals surface area contributed by atoms with Crippen LogP contribution in [0.15, 0.2) is 136 Å². The highest BCUT2D eigenvalue weighted by molar-refractivity contribution is 9.10. The molecular weight excluding hydrogens is 1400 g/mol. The van der Waals surface area contributed by atoms with Crippen LogP contribution in [0.25, 0.3) is 60.5 Å². The number of aromatic nitrogens is 4. The predicted octanol–water partition coefficient (Wildman–Crippen LogP) is 19.1. The summed E-state index contributed by atoms with van der Waals surface area (Å²) < 4.78 is 36.0. The summed E-state index contributed by atoms with van der Waals surface area (Å²) in [6.07, 6.45) is 11.6. The van der Waals surface area contributed by atoms with Crippen molar-refractivity contribution in [3.05, 3.63) is 149 Å². The van der Waals surface area contributed by atoms with Crippen LogP contribution >= 0.6 is 15.9 Å². The number of hydrogen-bond acceptors (Lipinski definition) is 14. The third-order valence-corrected chi connectivity index (χ3v) is 21.2. The minimum absolute atomic E-state index is 0.00699. The van der Waals surface area contributed by atoms with Crippen molar-refractivity contribution in [2.24, 2.45) is 9.98 Å². The Morgan fingerprint density at radius 2 is 0.953 bits per heavy atom. The van der Waals surface area contributed by atoms with Crippen molar-refractivity contribution in [3.8, 4) is 22.4 Å². The number of ether oxygens (including phenoxy) is 4. The molecular formula is C84H102BBrN10O10. The normalized spacial score (nSPS) is 20.7. The molecule has 0 aliphatic carbocycles. The summed E-state index contributed by atoms with van der Waals surface area (Å²) in [5.41, 5.74) is 10.8. The summed E-state index contributed by atoms with van der Waals surface area (Å²) in [5, 5.41) is 4.68. The number of aromatic amines is 2. The Hall–Kier alpha value is -8.86. The summed E-state index contributed by atoms with van der Waals surface area (Å²) in [7, 11) is -0.380. The van der Waals surface area contributed by atoms with E-state index in [1.165, 1.54) is 21.9 Å². The highest BCUT2D eigenvalue weighted by atomic mass is 79.9. The van der Waals surface area contributed by atoms with Crippen molar-refractivity contribution in [2.45, 2.75) is 233 Å². The first kappa shape index (κ1) is 75.4. The molecule has 5 fully saturated rings. The lowest BCUT2D eigenvalue weighted by molar-refractivity contribution is 0.00578. The first-order chi connectivity index (χ1) is 50.0. The number of hydrogen-bond donors (Lipinski definition) is 2. The fourth-order valence-electron chi connectivity index (χ4n) is 14.9. The molecule has 4 amide bonds. The van der Waals surface area contributed by atoms with Crippen LogP contribution in [-0.4, -0.2) is 154 Å². The van der Waals surface area contributed by atoms with E-state index in [-0.39, 0.29) is 66.9 Å². The highest BCUT2D eigenvalue weighted by Crippen LogP contribution is 2.41. The number of carbonyl (C=O) groups excluding carboxylic acids is 4. The van der Waals surface area contributed by atoms with Crippen molar-refractivity contribution in [1.82, 2.24) is 39.5 Å². The Bertz CT molecular complexity index is 4760. The standard InChI is InChI=1S/C38H44N6O4.C23H33BN2O4.C23H25BrN2O2/c1-37(2,3)47-35(45)43-17-7-9-31(43)33-39-22-30(42-33)27-14-13-23-19-24(11-12-25(23)20-27)26-15-16-28-29(21-26)41-34(40-28)32-10-8-18-44(32)36(46)48-38(4,5)6;1-21(2,3)28-20(27)26-12-8-9-19(26)18-14-15-13-16(10-11-17(15)25-18)24-29-22(4,5)23(6,7)30-24;1-23(2,3)28-22(27)26-10-4-5-21(26)20-13-18(14-25-20)16-6-7-17-12-19(24)9-8-15(17)11-16/h11-16,19-22,31-32H,7-10,17-18H2,1-6H3,(H,39,42)(H,40,41);10-11,13,19H,8-9,12,14H2,1-7H3;6-9,11-12,14,21H,4-5,10,13H2,1-3H3/t31-,32-;19-;21-/m000/s1. The Morgan fingerprint density at radius 3 is 1.51 bits per heavy atom. The van der Waals surface area contributed by atoms with E-state index < -0.39 is 22.4 Å². The van der Waals surface area contributed by atoms with Crippen LogP contribution in [0.5, 0.6) is 0 Å². The molecule has 0 saturated carbocycles. The lowest BCUT2D eigenvalue weighted by atomic mass is 9.78.